The summed E-state index contributed by atoms with van der Waals surface area (Å²) >= 11 is 0. The zero-order valence-corrected chi connectivity index (χ0v) is 12.4. The molecule has 0 fully saturated rings. The molecule has 0 bridgehead atoms. The smallest absolute Gasteiger partial charge is 0.261 e. The van der Waals surface area contributed by atoms with E-state index in [1.165, 1.54) is 0 Å². The third kappa shape index (κ3) is 2.90. The van der Waals surface area contributed by atoms with Crippen LogP contribution in [0.4, 0.5) is 5.82 Å². The molecule has 3 rings (SSSR count). The fourth-order valence-electron chi connectivity index (χ4n) is 2.15. The van der Waals surface area contributed by atoms with E-state index in [0.29, 0.717) is 24.1 Å². The van der Waals surface area contributed by atoms with E-state index in [1.807, 2.05) is 36.4 Å². The number of nitrogens with one attached hydrogen (secondary N) is 1. The molecule has 0 unspecified atom stereocenters. The standard InChI is InChI=1S/C16H16N4O2/c1-11-19-16(22-20-11)13-7-5-9-17-15(13)18-10-12-6-3-4-8-14(12)21-2/h3-9H,10H2,1-2H3,(H,17,18). The highest BCUT2D eigenvalue weighted by atomic mass is 16.5. The van der Waals surface area contributed by atoms with E-state index >= 15 is 0 Å². The van der Waals surface area contributed by atoms with Gasteiger partial charge in [0.05, 0.1) is 12.7 Å². The first kappa shape index (κ1) is 14.1. The predicted octanol–water partition coefficient (Wildman–Crippen LogP) is 3.06. The van der Waals surface area contributed by atoms with Gasteiger partial charge in [0.2, 0.25) is 0 Å². The molecule has 22 heavy (non-hydrogen) atoms. The fraction of sp³-hybridized carbons (Fsp3) is 0.188. The van der Waals surface area contributed by atoms with Crippen LogP contribution in [0.3, 0.4) is 0 Å². The minimum atomic E-state index is 0.452. The van der Waals surface area contributed by atoms with Gasteiger partial charge >= 0.3 is 0 Å². The largest absolute Gasteiger partial charge is 0.496 e. The summed E-state index contributed by atoms with van der Waals surface area (Å²) in [4.78, 5) is 8.60. The third-order valence-electron chi connectivity index (χ3n) is 3.20. The molecule has 2 aromatic heterocycles. The molecule has 0 aliphatic carbocycles. The SMILES string of the molecule is COc1ccccc1CNc1ncccc1-c1nc(C)no1. The number of methoxy groups -OCH3 is 1. The number of para-hydroxylation sites is 1. The molecule has 0 atom stereocenters. The highest BCUT2D eigenvalue weighted by Gasteiger charge is 2.12. The van der Waals surface area contributed by atoms with Crippen LogP contribution in [-0.2, 0) is 6.54 Å². The maximum atomic E-state index is 5.35. The summed E-state index contributed by atoms with van der Waals surface area (Å²) in [6.07, 6.45) is 1.72. The van der Waals surface area contributed by atoms with Crippen LogP contribution < -0.4 is 10.1 Å². The molecule has 6 heteroatoms. The van der Waals surface area contributed by atoms with Gasteiger partial charge < -0.3 is 14.6 Å². The molecule has 0 saturated carbocycles. The Bertz CT molecular complexity index is 770. The fourth-order valence-corrected chi connectivity index (χ4v) is 2.15. The number of nitrogens with zero attached hydrogens (tertiary/aromatic N) is 3. The Morgan fingerprint density at radius 2 is 2.05 bits per heavy atom. The van der Waals surface area contributed by atoms with Crippen molar-refractivity contribution in [2.75, 3.05) is 12.4 Å². The summed E-state index contributed by atoms with van der Waals surface area (Å²) in [5, 5.41) is 7.11. The molecule has 6 nitrogen and oxygen atoms in total. The topological polar surface area (TPSA) is 73.1 Å². The lowest BCUT2D eigenvalue weighted by Crippen LogP contribution is -2.04. The van der Waals surface area contributed by atoms with Crippen LogP contribution in [0.2, 0.25) is 0 Å². The van der Waals surface area contributed by atoms with Crippen LogP contribution in [0.5, 0.6) is 5.75 Å². The summed E-state index contributed by atoms with van der Waals surface area (Å²) in [5.74, 6) is 2.57. The minimum Gasteiger partial charge on any atom is -0.496 e. The highest BCUT2D eigenvalue weighted by molar-refractivity contribution is 5.68. The average molecular weight is 296 g/mol. The number of hydrogen-bond donors (Lipinski definition) is 1. The van der Waals surface area contributed by atoms with Crippen LogP contribution in [0.25, 0.3) is 11.5 Å². The monoisotopic (exact) mass is 296 g/mol. The average Bonchev–Trinajstić information content (AvgIpc) is 3.00. The first-order valence-electron chi connectivity index (χ1n) is 6.89. The van der Waals surface area contributed by atoms with Crippen LogP contribution >= 0.6 is 0 Å². The second kappa shape index (κ2) is 6.26. The van der Waals surface area contributed by atoms with E-state index in [1.54, 1.807) is 20.2 Å². The predicted molar refractivity (Wildman–Crippen MR) is 82.6 cm³/mol. The third-order valence-corrected chi connectivity index (χ3v) is 3.20. The van der Waals surface area contributed by atoms with Crippen molar-refractivity contribution in [1.29, 1.82) is 0 Å². The maximum absolute atomic E-state index is 5.35. The van der Waals surface area contributed by atoms with Crippen LogP contribution in [0.15, 0.2) is 47.1 Å². The molecule has 1 aromatic carbocycles. The molecular formula is C16H16N4O2. The molecule has 3 aromatic rings. The summed E-state index contributed by atoms with van der Waals surface area (Å²) in [5.41, 5.74) is 1.82. The molecule has 0 radical (unpaired) electrons. The van der Waals surface area contributed by atoms with Crippen LogP contribution in [0.1, 0.15) is 11.4 Å². The Morgan fingerprint density at radius 1 is 1.18 bits per heavy atom. The summed E-state index contributed by atoms with van der Waals surface area (Å²) in [6, 6.07) is 11.6. The van der Waals surface area contributed by atoms with Crippen molar-refractivity contribution in [2.24, 2.45) is 0 Å². The molecule has 2 heterocycles. The number of anilines is 1. The van der Waals surface area contributed by atoms with Crippen LogP contribution in [-0.4, -0.2) is 22.2 Å². The number of hydrogen-bond acceptors (Lipinski definition) is 6. The lowest BCUT2D eigenvalue weighted by Gasteiger charge is -2.11. The number of rotatable bonds is 5. The Kier molecular flexibility index (Phi) is 4.00. The normalized spacial score (nSPS) is 10.5. The lowest BCUT2D eigenvalue weighted by atomic mass is 10.2. The minimum absolute atomic E-state index is 0.452. The van der Waals surface area contributed by atoms with E-state index in [0.717, 1.165) is 16.9 Å². The maximum Gasteiger partial charge on any atom is 0.261 e. The van der Waals surface area contributed by atoms with Crippen molar-refractivity contribution in [2.45, 2.75) is 13.5 Å². The van der Waals surface area contributed by atoms with Gasteiger partial charge in [-0.1, -0.05) is 23.4 Å². The zero-order valence-electron chi connectivity index (χ0n) is 12.4. The van der Waals surface area contributed by atoms with Crippen molar-refractivity contribution in [3.63, 3.8) is 0 Å². The van der Waals surface area contributed by atoms with Crippen molar-refractivity contribution in [3.05, 3.63) is 54.0 Å². The van der Waals surface area contributed by atoms with Crippen molar-refractivity contribution in [1.82, 2.24) is 15.1 Å². The first-order chi connectivity index (χ1) is 10.8. The summed E-state index contributed by atoms with van der Waals surface area (Å²) in [7, 11) is 1.66. The Balaban J connectivity index is 1.84. The Morgan fingerprint density at radius 3 is 2.82 bits per heavy atom. The molecule has 0 aliphatic heterocycles. The molecule has 0 amide bonds. The van der Waals surface area contributed by atoms with Gasteiger partial charge in [-0.05, 0) is 25.1 Å². The molecular weight excluding hydrogens is 280 g/mol. The first-order valence-corrected chi connectivity index (χ1v) is 6.89. The van der Waals surface area contributed by atoms with E-state index < -0.39 is 0 Å². The van der Waals surface area contributed by atoms with E-state index in [2.05, 4.69) is 20.4 Å². The number of ether oxygens (including phenoxy) is 1. The van der Waals surface area contributed by atoms with Gasteiger partial charge in [-0.3, -0.25) is 0 Å². The van der Waals surface area contributed by atoms with E-state index in [9.17, 15) is 0 Å². The van der Waals surface area contributed by atoms with Crippen LogP contribution in [0, 0.1) is 6.92 Å². The zero-order chi connectivity index (χ0) is 15.4. The number of aryl methyl sites for hydroxylation is 1. The molecule has 0 aliphatic rings. The van der Waals surface area contributed by atoms with Gasteiger partial charge in [-0.2, -0.15) is 4.98 Å². The van der Waals surface area contributed by atoms with Crippen molar-refractivity contribution < 1.29 is 9.26 Å². The Hall–Kier alpha value is -2.89. The van der Waals surface area contributed by atoms with E-state index in [4.69, 9.17) is 9.26 Å². The molecule has 0 saturated heterocycles. The highest BCUT2D eigenvalue weighted by Crippen LogP contribution is 2.25. The number of pyridine rings is 1. The van der Waals surface area contributed by atoms with Gasteiger partial charge in [0, 0.05) is 18.3 Å². The quantitative estimate of drug-likeness (QED) is 0.780. The second-order valence-electron chi connectivity index (χ2n) is 4.71. The van der Waals surface area contributed by atoms with Crippen molar-refractivity contribution in [3.8, 4) is 17.2 Å². The Labute approximate surface area is 128 Å². The van der Waals surface area contributed by atoms with Gasteiger partial charge in [0.15, 0.2) is 5.82 Å². The second-order valence-corrected chi connectivity index (χ2v) is 4.71. The van der Waals surface area contributed by atoms with Crippen molar-refractivity contribution >= 4 is 5.82 Å². The van der Waals surface area contributed by atoms with E-state index in [-0.39, 0.29) is 0 Å². The molecule has 1 N–H and O–H groups in total. The van der Waals surface area contributed by atoms with Gasteiger partial charge in [-0.25, -0.2) is 4.98 Å². The number of aromatic nitrogens is 3. The van der Waals surface area contributed by atoms with Gasteiger partial charge in [0.25, 0.3) is 5.89 Å². The van der Waals surface area contributed by atoms with Gasteiger partial charge in [-0.15, -0.1) is 0 Å². The number of benzene rings is 1. The molecule has 0 spiro atoms. The lowest BCUT2D eigenvalue weighted by molar-refractivity contribution is 0.410. The van der Waals surface area contributed by atoms with Gasteiger partial charge in [0.1, 0.15) is 11.6 Å². The molecule has 112 valence electrons. The summed E-state index contributed by atoms with van der Waals surface area (Å²) in [6.45, 7) is 2.37. The summed E-state index contributed by atoms with van der Waals surface area (Å²) < 4.78 is 10.6.